The third-order valence-corrected chi connectivity index (χ3v) is 2.56. The Bertz CT molecular complexity index is 304. The van der Waals surface area contributed by atoms with Crippen molar-refractivity contribution in [1.82, 2.24) is 0 Å². The molecule has 78 valence electrons. The first-order valence-electron chi connectivity index (χ1n) is 4.27. The second kappa shape index (κ2) is 5.32. The van der Waals surface area contributed by atoms with E-state index in [1.165, 1.54) is 0 Å². The quantitative estimate of drug-likeness (QED) is 0.838. The molecule has 1 aromatic carbocycles. The van der Waals surface area contributed by atoms with Crippen LogP contribution in [0.4, 0.5) is 8.78 Å². The number of thioether (sulfide) groups is 1. The zero-order valence-corrected chi connectivity index (χ0v) is 8.65. The lowest BCUT2D eigenvalue weighted by atomic mass is 10.1. The van der Waals surface area contributed by atoms with E-state index in [1.807, 2.05) is 6.26 Å². The standard InChI is InChI=1S/C10H12F2OS/c1-14-5-4-10(13)8-6-7(11)2-3-9(8)12/h2-3,6,10,13H,4-5H2,1H3. The van der Waals surface area contributed by atoms with Crippen molar-refractivity contribution in [3.63, 3.8) is 0 Å². The highest BCUT2D eigenvalue weighted by atomic mass is 32.2. The highest BCUT2D eigenvalue weighted by molar-refractivity contribution is 7.98. The zero-order valence-electron chi connectivity index (χ0n) is 7.84. The van der Waals surface area contributed by atoms with Crippen molar-refractivity contribution in [2.24, 2.45) is 0 Å². The summed E-state index contributed by atoms with van der Waals surface area (Å²) in [6.45, 7) is 0. The predicted molar refractivity (Wildman–Crippen MR) is 54.3 cm³/mol. The third-order valence-electron chi connectivity index (χ3n) is 1.91. The maximum atomic E-state index is 13.1. The molecule has 1 rings (SSSR count). The molecule has 1 atom stereocenters. The van der Waals surface area contributed by atoms with E-state index in [9.17, 15) is 13.9 Å². The molecule has 0 aliphatic rings. The number of aliphatic hydroxyl groups excluding tert-OH is 1. The molecule has 0 spiro atoms. The highest BCUT2D eigenvalue weighted by Crippen LogP contribution is 2.22. The summed E-state index contributed by atoms with van der Waals surface area (Å²) in [4.78, 5) is 0. The molecule has 1 nitrogen and oxygen atoms in total. The number of hydrogen-bond acceptors (Lipinski definition) is 2. The molecular formula is C10H12F2OS. The van der Waals surface area contributed by atoms with E-state index in [1.54, 1.807) is 11.8 Å². The van der Waals surface area contributed by atoms with Gasteiger partial charge in [-0.3, -0.25) is 0 Å². The Morgan fingerprint density at radius 2 is 2.14 bits per heavy atom. The first-order valence-corrected chi connectivity index (χ1v) is 5.66. The van der Waals surface area contributed by atoms with E-state index in [-0.39, 0.29) is 5.56 Å². The van der Waals surface area contributed by atoms with Crippen molar-refractivity contribution in [2.75, 3.05) is 12.0 Å². The van der Waals surface area contributed by atoms with Crippen LogP contribution in [0.25, 0.3) is 0 Å². The predicted octanol–water partition coefficient (Wildman–Crippen LogP) is 2.75. The minimum atomic E-state index is -0.918. The van der Waals surface area contributed by atoms with Crippen molar-refractivity contribution in [3.05, 3.63) is 35.4 Å². The normalized spacial score (nSPS) is 12.9. The van der Waals surface area contributed by atoms with Crippen LogP contribution in [0.15, 0.2) is 18.2 Å². The van der Waals surface area contributed by atoms with Gasteiger partial charge >= 0.3 is 0 Å². The molecule has 1 aromatic rings. The van der Waals surface area contributed by atoms with Crippen molar-refractivity contribution < 1.29 is 13.9 Å². The zero-order chi connectivity index (χ0) is 10.6. The minimum absolute atomic E-state index is 0.0408. The first-order chi connectivity index (χ1) is 6.65. The van der Waals surface area contributed by atoms with Gasteiger partial charge in [0.2, 0.25) is 0 Å². The highest BCUT2D eigenvalue weighted by Gasteiger charge is 2.12. The van der Waals surface area contributed by atoms with Gasteiger partial charge in [-0.25, -0.2) is 8.78 Å². The second-order valence-electron chi connectivity index (χ2n) is 2.96. The van der Waals surface area contributed by atoms with E-state index in [4.69, 9.17) is 0 Å². The Labute approximate surface area is 86.1 Å². The van der Waals surface area contributed by atoms with Gasteiger partial charge in [-0.15, -0.1) is 0 Å². The molecule has 0 aromatic heterocycles. The fourth-order valence-corrected chi connectivity index (χ4v) is 1.61. The third kappa shape index (κ3) is 2.96. The molecule has 0 heterocycles. The Balaban J connectivity index is 2.77. The molecule has 0 saturated carbocycles. The van der Waals surface area contributed by atoms with Crippen LogP contribution in [0, 0.1) is 11.6 Å². The average molecular weight is 218 g/mol. The van der Waals surface area contributed by atoms with E-state index in [2.05, 4.69) is 0 Å². The number of rotatable bonds is 4. The Morgan fingerprint density at radius 3 is 2.79 bits per heavy atom. The van der Waals surface area contributed by atoms with E-state index < -0.39 is 17.7 Å². The van der Waals surface area contributed by atoms with Crippen LogP contribution in [0.3, 0.4) is 0 Å². The van der Waals surface area contributed by atoms with Gasteiger partial charge in [0, 0.05) is 5.56 Å². The molecule has 14 heavy (non-hydrogen) atoms. The largest absolute Gasteiger partial charge is 0.388 e. The number of benzene rings is 1. The Hall–Kier alpha value is -0.610. The lowest BCUT2D eigenvalue weighted by Crippen LogP contribution is -2.02. The van der Waals surface area contributed by atoms with Crippen LogP contribution < -0.4 is 0 Å². The smallest absolute Gasteiger partial charge is 0.129 e. The molecule has 0 saturated heterocycles. The van der Waals surface area contributed by atoms with Gasteiger partial charge in [-0.2, -0.15) is 11.8 Å². The maximum Gasteiger partial charge on any atom is 0.129 e. The van der Waals surface area contributed by atoms with E-state index in [0.29, 0.717) is 6.42 Å². The second-order valence-corrected chi connectivity index (χ2v) is 3.95. The van der Waals surface area contributed by atoms with Gasteiger partial charge in [0.1, 0.15) is 11.6 Å². The van der Waals surface area contributed by atoms with E-state index in [0.717, 1.165) is 24.0 Å². The maximum absolute atomic E-state index is 13.1. The van der Waals surface area contributed by atoms with Crippen molar-refractivity contribution in [3.8, 4) is 0 Å². The summed E-state index contributed by atoms with van der Waals surface area (Å²) >= 11 is 1.56. The summed E-state index contributed by atoms with van der Waals surface area (Å²) in [5.74, 6) is -0.360. The summed E-state index contributed by atoms with van der Waals surface area (Å²) in [5.41, 5.74) is 0.0408. The first kappa shape index (κ1) is 11.5. The summed E-state index contributed by atoms with van der Waals surface area (Å²) in [5, 5.41) is 9.54. The lowest BCUT2D eigenvalue weighted by molar-refractivity contribution is 0.170. The Morgan fingerprint density at radius 1 is 1.43 bits per heavy atom. The lowest BCUT2D eigenvalue weighted by Gasteiger charge is -2.10. The number of hydrogen-bond donors (Lipinski definition) is 1. The van der Waals surface area contributed by atoms with Gasteiger partial charge in [0.15, 0.2) is 0 Å². The molecular weight excluding hydrogens is 206 g/mol. The fraction of sp³-hybridized carbons (Fsp3) is 0.400. The van der Waals surface area contributed by atoms with Crippen LogP contribution in [0.2, 0.25) is 0 Å². The summed E-state index contributed by atoms with van der Waals surface area (Å²) in [6, 6.07) is 3.12. The van der Waals surface area contributed by atoms with Crippen LogP contribution in [0.1, 0.15) is 18.1 Å². The number of halogens is 2. The van der Waals surface area contributed by atoms with Gasteiger partial charge in [-0.05, 0) is 36.6 Å². The summed E-state index contributed by atoms with van der Waals surface area (Å²) in [7, 11) is 0. The molecule has 0 aliphatic heterocycles. The SMILES string of the molecule is CSCCC(O)c1cc(F)ccc1F. The van der Waals surface area contributed by atoms with Crippen LogP contribution >= 0.6 is 11.8 Å². The molecule has 1 unspecified atom stereocenters. The van der Waals surface area contributed by atoms with Crippen molar-refractivity contribution in [1.29, 1.82) is 0 Å². The van der Waals surface area contributed by atoms with Gasteiger partial charge in [0.25, 0.3) is 0 Å². The minimum Gasteiger partial charge on any atom is -0.388 e. The molecule has 4 heteroatoms. The summed E-state index contributed by atoms with van der Waals surface area (Å²) in [6.07, 6.45) is 1.41. The molecule has 1 N–H and O–H groups in total. The molecule has 0 amide bonds. The molecule has 0 radical (unpaired) electrons. The van der Waals surface area contributed by atoms with Gasteiger partial charge in [-0.1, -0.05) is 0 Å². The van der Waals surface area contributed by atoms with Gasteiger partial charge < -0.3 is 5.11 Å². The van der Waals surface area contributed by atoms with Crippen LogP contribution in [-0.4, -0.2) is 17.1 Å². The molecule has 0 bridgehead atoms. The Kier molecular flexibility index (Phi) is 4.35. The number of aliphatic hydroxyl groups is 1. The fourth-order valence-electron chi connectivity index (χ4n) is 1.15. The monoisotopic (exact) mass is 218 g/mol. The van der Waals surface area contributed by atoms with Crippen LogP contribution in [-0.2, 0) is 0 Å². The van der Waals surface area contributed by atoms with Crippen molar-refractivity contribution in [2.45, 2.75) is 12.5 Å². The topological polar surface area (TPSA) is 20.2 Å². The van der Waals surface area contributed by atoms with Gasteiger partial charge in [0.05, 0.1) is 6.10 Å². The van der Waals surface area contributed by atoms with E-state index >= 15 is 0 Å². The van der Waals surface area contributed by atoms with Crippen molar-refractivity contribution >= 4 is 11.8 Å². The average Bonchev–Trinajstić information content (AvgIpc) is 2.18. The molecule has 0 aliphatic carbocycles. The molecule has 0 fully saturated rings. The summed E-state index contributed by atoms with van der Waals surface area (Å²) < 4.78 is 25.9. The van der Waals surface area contributed by atoms with Crippen LogP contribution in [0.5, 0.6) is 0 Å².